The highest BCUT2D eigenvalue weighted by molar-refractivity contribution is 7.99. The van der Waals surface area contributed by atoms with Crippen LogP contribution < -0.4 is 5.32 Å². The number of fused-ring (bicyclic) bond motifs is 1. The molecule has 94 valence electrons. The van der Waals surface area contributed by atoms with Crippen LogP contribution in [0, 0.1) is 0 Å². The van der Waals surface area contributed by atoms with Gasteiger partial charge in [0, 0.05) is 35.5 Å². The second-order valence-corrected chi connectivity index (χ2v) is 5.62. The lowest BCUT2D eigenvalue weighted by molar-refractivity contribution is -0.138. The van der Waals surface area contributed by atoms with Gasteiger partial charge in [-0.3, -0.25) is 10.1 Å². The minimum atomic E-state index is -0.773. The Kier molecular flexibility index (Phi) is 2.80. The van der Waals surface area contributed by atoms with Crippen molar-refractivity contribution in [1.82, 2.24) is 9.88 Å². The number of rotatable bonds is 2. The van der Waals surface area contributed by atoms with Crippen molar-refractivity contribution in [2.24, 2.45) is 7.05 Å². The van der Waals surface area contributed by atoms with Crippen LogP contribution in [-0.4, -0.2) is 27.4 Å². The summed E-state index contributed by atoms with van der Waals surface area (Å²) < 4.78 is 2.08. The van der Waals surface area contributed by atoms with Gasteiger partial charge in [0.2, 0.25) is 0 Å². The predicted octanol–water partition coefficient (Wildman–Crippen LogP) is 1.97. The van der Waals surface area contributed by atoms with E-state index in [9.17, 15) is 4.79 Å². The van der Waals surface area contributed by atoms with Gasteiger partial charge in [0.15, 0.2) is 0 Å². The van der Waals surface area contributed by atoms with Crippen LogP contribution >= 0.6 is 11.8 Å². The molecule has 3 rings (SSSR count). The van der Waals surface area contributed by atoms with E-state index in [1.54, 1.807) is 11.8 Å². The summed E-state index contributed by atoms with van der Waals surface area (Å²) in [6.07, 6.45) is 2.08. The maximum Gasteiger partial charge on any atom is 0.321 e. The normalized spacial score (nSPS) is 23.6. The zero-order chi connectivity index (χ0) is 12.7. The first-order valence-corrected chi connectivity index (χ1v) is 6.86. The lowest BCUT2D eigenvalue weighted by Gasteiger charge is -2.09. The Morgan fingerprint density at radius 3 is 3.00 bits per heavy atom. The highest BCUT2D eigenvalue weighted by Crippen LogP contribution is 2.37. The van der Waals surface area contributed by atoms with Crippen molar-refractivity contribution < 1.29 is 9.90 Å². The number of hydrogen-bond acceptors (Lipinski definition) is 3. The van der Waals surface area contributed by atoms with Crippen molar-refractivity contribution >= 4 is 28.6 Å². The SMILES string of the molecule is Cn1cc([C@@H]2N[C@H](C(=O)O)CS2)c2ccccc21. The summed E-state index contributed by atoms with van der Waals surface area (Å²) in [5, 5.41) is 13.4. The van der Waals surface area contributed by atoms with Gasteiger partial charge in [0.25, 0.3) is 0 Å². The Balaban J connectivity index is 1.98. The number of aliphatic carboxylic acids is 1. The molecule has 1 aromatic carbocycles. The molecule has 2 aromatic rings. The number of nitrogens with one attached hydrogen (secondary N) is 1. The molecule has 1 aliphatic heterocycles. The van der Waals surface area contributed by atoms with Crippen molar-refractivity contribution in [2.45, 2.75) is 11.4 Å². The van der Waals surface area contributed by atoms with Crippen molar-refractivity contribution in [3.63, 3.8) is 0 Å². The van der Waals surface area contributed by atoms with Gasteiger partial charge in [0.1, 0.15) is 6.04 Å². The van der Waals surface area contributed by atoms with Gasteiger partial charge in [-0.25, -0.2) is 0 Å². The van der Waals surface area contributed by atoms with Gasteiger partial charge >= 0.3 is 5.97 Å². The number of carboxylic acids is 1. The number of thioether (sulfide) groups is 1. The number of benzene rings is 1. The minimum Gasteiger partial charge on any atom is -0.480 e. The second kappa shape index (κ2) is 4.33. The van der Waals surface area contributed by atoms with Crippen LogP contribution in [0.3, 0.4) is 0 Å². The molecular formula is C13H14N2O2S. The summed E-state index contributed by atoms with van der Waals surface area (Å²) in [7, 11) is 2.01. The average molecular weight is 262 g/mol. The number of nitrogens with zero attached hydrogens (tertiary/aromatic N) is 1. The zero-order valence-corrected chi connectivity index (χ0v) is 10.8. The van der Waals surface area contributed by atoms with Crippen molar-refractivity contribution in [3.05, 3.63) is 36.0 Å². The molecule has 5 heteroatoms. The quantitative estimate of drug-likeness (QED) is 0.869. The summed E-state index contributed by atoms with van der Waals surface area (Å²) in [5.74, 6) is -0.159. The maximum absolute atomic E-state index is 11.0. The number of carbonyl (C=O) groups is 1. The highest BCUT2D eigenvalue weighted by Gasteiger charge is 2.31. The van der Waals surface area contributed by atoms with E-state index in [1.807, 2.05) is 19.2 Å². The molecule has 2 N–H and O–H groups in total. The third-order valence-electron chi connectivity index (χ3n) is 3.29. The topological polar surface area (TPSA) is 54.3 Å². The Hall–Kier alpha value is -1.46. The fourth-order valence-corrected chi connectivity index (χ4v) is 3.63. The Bertz CT molecular complexity index is 608. The standard InChI is InChI=1S/C13H14N2O2S/c1-15-6-9(8-4-2-3-5-11(8)15)12-14-10(7-18-12)13(16)17/h2-6,10,12,14H,7H2,1H3,(H,16,17)/t10-,12+/m0/s1. The molecule has 1 saturated heterocycles. The lowest BCUT2D eigenvalue weighted by atomic mass is 10.1. The molecule has 2 heterocycles. The summed E-state index contributed by atoms with van der Waals surface area (Å²) in [4.78, 5) is 11.0. The van der Waals surface area contributed by atoms with E-state index in [4.69, 9.17) is 5.11 Å². The van der Waals surface area contributed by atoms with Gasteiger partial charge in [-0.05, 0) is 6.07 Å². The first-order valence-electron chi connectivity index (χ1n) is 5.81. The number of aromatic nitrogens is 1. The van der Waals surface area contributed by atoms with Crippen LogP contribution in [0.25, 0.3) is 10.9 Å². The number of aryl methyl sites for hydroxylation is 1. The summed E-state index contributed by atoms with van der Waals surface area (Å²) in [6, 6.07) is 7.74. The molecule has 4 nitrogen and oxygen atoms in total. The molecule has 0 saturated carbocycles. The first-order chi connectivity index (χ1) is 8.66. The van der Waals surface area contributed by atoms with Gasteiger partial charge < -0.3 is 9.67 Å². The first kappa shape index (κ1) is 11.6. The van der Waals surface area contributed by atoms with E-state index in [0.29, 0.717) is 5.75 Å². The molecule has 0 aliphatic carbocycles. The highest BCUT2D eigenvalue weighted by atomic mass is 32.2. The van der Waals surface area contributed by atoms with E-state index in [2.05, 4.69) is 28.2 Å². The molecule has 0 unspecified atom stereocenters. The molecule has 2 atom stereocenters. The molecular weight excluding hydrogens is 248 g/mol. The van der Waals surface area contributed by atoms with E-state index in [1.165, 1.54) is 16.5 Å². The number of carboxylic acid groups (broad SMARTS) is 1. The van der Waals surface area contributed by atoms with Gasteiger partial charge in [-0.2, -0.15) is 0 Å². The Labute approximate surface area is 109 Å². The van der Waals surface area contributed by atoms with Crippen LogP contribution in [0.4, 0.5) is 0 Å². The molecule has 1 fully saturated rings. The summed E-state index contributed by atoms with van der Waals surface area (Å²) >= 11 is 1.65. The predicted molar refractivity (Wildman–Crippen MR) is 72.7 cm³/mol. The maximum atomic E-state index is 11.0. The van der Waals surface area contributed by atoms with Crippen molar-refractivity contribution in [2.75, 3.05) is 5.75 Å². The molecule has 1 aliphatic rings. The summed E-state index contributed by atoms with van der Waals surface area (Å²) in [5.41, 5.74) is 2.34. The second-order valence-electron chi connectivity index (χ2n) is 4.48. The fourth-order valence-electron chi connectivity index (χ4n) is 2.38. The van der Waals surface area contributed by atoms with Crippen molar-refractivity contribution in [1.29, 1.82) is 0 Å². The largest absolute Gasteiger partial charge is 0.480 e. The molecule has 0 spiro atoms. The molecule has 0 amide bonds. The molecule has 0 bridgehead atoms. The number of para-hydroxylation sites is 1. The molecule has 18 heavy (non-hydrogen) atoms. The van der Waals surface area contributed by atoms with Gasteiger partial charge in [-0.15, -0.1) is 11.8 Å². The average Bonchev–Trinajstić information content (AvgIpc) is 2.95. The van der Waals surface area contributed by atoms with E-state index in [-0.39, 0.29) is 5.37 Å². The third-order valence-corrected chi connectivity index (χ3v) is 4.54. The molecule has 1 aromatic heterocycles. The fraction of sp³-hybridized carbons (Fsp3) is 0.308. The van der Waals surface area contributed by atoms with Crippen LogP contribution in [-0.2, 0) is 11.8 Å². The minimum absolute atomic E-state index is 0.0669. The van der Waals surface area contributed by atoms with E-state index >= 15 is 0 Å². The van der Waals surface area contributed by atoms with Gasteiger partial charge in [-0.1, -0.05) is 18.2 Å². The van der Waals surface area contributed by atoms with E-state index in [0.717, 1.165) is 0 Å². The monoisotopic (exact) mass is 262 g/mol. The van der Waals surface area contributed by atoms with Crippen LogP contribution in [0.2, 0.25) is 0 Å². The third kappa shape index (κ3) is 1.79. The van der Waals surface area contributed by atoms with Crippen LogP contribution in [0.15, 0.2) is 30.5 Å². The smallest absolute Gasteiger partial charge is 0.321 e. The van der Waals surface area contributed by atoms with E-state index < -0.39 is 12.0 Å². The van der Waals surface area contributed by atoms with Crippen LogP contribution in [0.1, 0.15) is 10.9 Å². The summed E-state index contributed by atoms with van der Waals surface area (Å²) in [6.45, 7) is 0. The van der Waals surface area contributed by atoms with Gasteiger partial charge in [0.05, 0.1) is 5.37 Å². The zero-order valence-electron chi connectivity index (χ0n) is 9.96. The lowest BCUT2D eigenvalue weighted by Crippen LogP contribution is -2.33. The number of hydrogen-bond donors (Lipinski definition) is 2. The van der Waals surface area contributed by atoms with Crippen molar-refractivity contribution in [3.8, 4) is 0 Å². The Morgan fingerprint density at radius 1 is 1.50 bits per heavy atom. The Morgan fingerprint density at radius 2 is 2.28 bits per heavy atom. The van der Waals surface area contributed by atoms with Crippen LogP contribution in [0.5, 0.6) is 0 Å². The molecule has 0 radical (unpaired) electrons.